The normalized spacial score (nSPS) is 12.4. The maximum absolute atomic E-state index is 3.83. The van der Waals surface area contributed by atoms with Gasteiger partial charge in [-0.1, -0.05) is 69.5 Å². The zero-order valence-electron chi connectivity index (χ0n) is 11.2. The van der Waals surface area contributed by atoms with Crippen LogP contribution in [0.2, 0.25) is 0 Å². The van der Waals surface area contributed by atoms with Gasteiger partial charge in [0.2, 0.25) is 0 Å². The van der Waals surface area contributed by atoms with Gasteiger partial charge in [0.1, 0.15) is 0 Å². The smallest absolute Gasteiger partial charge is 0.0435 e. The lowest BCUT2D eigenvalue weighted by atomic mass is 9.98. The third-order valence-corrected chi connectivity index (χ3v) is 4.12. The highest BCUT2D eigenvalue weighted by Crippen LogP contribution is 2.29. The molecule has 2 aromatic rings. The van der Waals surface area contributed by atoms with Crippen LogP contribution >= 0.6 is 15.9 Å². The third kappa shape index (κ3) is 3.23. The first kappa shape index (κ1) is 13.4. The fraction of sp³-hybridized carbons (Fsp3) is 0.294. The van der Waals surface area contributed by atoms with Crippen LogP contribution in [0.4, 0.5) is 0 Å². The summed E-state index contributed by atoms with van der Waals surface area (Å²) in [5.74, 6) is 0. The van der Waals surface area contributed by atoms with Gasteiger partial charge in [-0.25, -0.2) is 0 Å². The summed E-state index contributed by atoms with van der Waals surface area (Å²) in [5, 5.41) is 0. The van der Waals surface area contributed by atoms with Crippen LogP contribution in [0, 0.1) is 20.8 Å². The number of benzene rings is 2. The molecule has 0 saturated heterocycles. The average Bonchev–Trinajstić information content (AvgIpc) is 2.31. The van der Waals surface area contributed by atoms with Gasteiger partial charge in [-0.15, -0.1) is 0 Å². The number of alkyl halides is 1. The summed E-state index contributed by atoms with van der Waals surface area (Å²) in [5.41, 5.74) is 6.82. The van der Waals surface area contributed by atoms with E-state index in [1.54, 1.807) is 0 Å². The molecule has 2 aromatic carbocycles. The Hall–Kier alpha value is -1.08. The molecule has 1 unspecified atom stereocenters. The monoisotopic (exact) mass is 302 g/mol. The van der Waals surface area contributed by atoms with Crippen molar-refractivity contribution < 1.29 is 0 Å². The molecular weight excluding hydrogens is 284 g/mol. The second kappa shape index (κ2) is 5.71. The number of hydrogen-bond acceptors (Lipinski definition) is 0. The van der Waals surface area contributed by atoms with Gasteiger partial charge < -0.3 is 0 Å². The van der Waals surface area contributed by atoms with Crippen molar-refractivity contribution in [2.24, 2.45) is 0 Å². The van der Waals surface area contributed by atoms with E-state index in [-0.39, 0.29) is 0 Å². The largest absolute Gasteiger partial charge is 0.0835 e. The molecule has 94 valence electrons. The summed E-state index contributed by atoms with van der Waals surface area (Å²) in [7, 11) is 0. The first-order valence-corrected chi connectivity index (χ1v) is 7.24. The van der Waals surface area contributed by atoms with E-state index in [9.17, 15) is 0 Å². The summed E-state index contributed by atoms with van der Waals surface area (Å²) >= 11 is 3.83. The van der Waals surface area contributed by atoms with Gasteiger partial charge in [0.15, 0.2) is 0 Å². The highest BCUT2D eigenvalue weighted by atomic mass is 79.9. The van der Waals surface area contributed by atoms with Gasteiger partial charge in [-0.3, -0.25) is 0 Å². The first-order valence-electron chi connectivity index (χ1n) is 6.33. The molecule has 0 aliphatic rings. The van der Waals surface area contributed by atoms with Gasteiger partial charge in [-0.2, -0.15) is 0 Å². The fourth-order valence-electron chi connectivity index (χ4n) is 2.34. The third-order valence-electron chi connectivity index (χ3n) is 3.27. The number of rotatable bonds is 3. The molecule has 0 spiro atoms. The second-order valence-electron chi connectivity index (χ2n) is 5.02. The number of halogens is 1. The number of hydrogen-bond donors (Lipinski definition) is 0. The van der Waals surface area contributed by atoms with Crippen molar-refractivity contribution in [1.82, 2.24) is 0 Å². The minimum atomic E-state index is 0.386. The Bertz CT molecular complexity index is 523. The molecule has 0 amide bonds. The molecule has 0 aliphatic carbocycles. The summed E-state index contributed by atoms with van der Waals surface area (Å²) in [4.78, 5) is 0.386. The lowest BCUT2D eigenvalue weighted by molar-refractivity contribution is 0.934. The van der Waals surface area contributed by atoms with Crippen molar-refractivity contribution in [3.8, 4) is 0 Å². The maximum atomic E-state index is 3.83. The van der Waals surface area contributed by atoms with Gasteiger partial charge >= 0.3 is 0 Å². The second-order valence-corrected chi connectivity index (χ2v) is 6.12. The van der Waals surface area contributed by atoms with Crippen molar-refractivity contribution in [2.45, 2.75) is 32.0 Å². The molecule has 0 heterocycles. The molecule has 0 aromatic heterocycles. The topological polar surface area (TPSA) is 0 Å². The summed E-state index contributed by atoms with van der Waals surface area (Å²) in [6, 6.07) is 15.4. The Morgan fingerprint density at radius 2 is 1.56 bits per heavy atom. The molecule has 0 radical (unpaired) electrons. The lowest BCUT2D eigenvalue weighted by Crippen LogP contribution is -1.98. The lowest BCUT2D eigenvalue weighted by Gasteiger charge is -2.14. The van der Waals surface area contributed by atoms with Gasteiger partial charge in [0.05, 0.1) is 0 Å². The molecule has 0 N–H and O–H groups in total. The van der Waals surface area contributed by atoms with Crippen LogP contribution in [-0.2, 0) is 6.42 Å². The van der Waals surface area contributed by atoms with E-state index in [1.165, 1.54) is 27.8 Å². The van der Waals surface area contributed by atoms with E-state index in [4.69, 9.17) is 0 Å². The Labute approximate surface area is 118 Å². The highest BCUT2D eigenvalue weighted by molar-refractivity contribution is 9.09. The number of aryl methyl sites for hydroxylation is 3. The van der Waals surface area contributed by atoms with Crippen LogP contribution < -0.4 is 0 Å². The Morgan fingerprint density at radius 3 is 2.17 bits per heavy atom. The summed E-state index contributed by atoms with van der Waals surface area (Å²) in [6.45, 7) is 6.49. The van der Waals surface area contributed by atoms with E-state index in [1.807, 2.05) is 0 Å². The molecule has 0 bridgehead atoms. The molecule has 18 heavy (non-hydrogen) atoms. The molecule has 1 heteroatoms. The molecule has 0 nitrogen and oxygen atoms in total. The quantitative estimate of drug-likeness (QED) is 0.676. The molecular formula is C17H19Br. The van der Waals surface area contributed by atoms with Crippen LogP contribution in [0.15, 0.2) is 42.5 Å². The van der Waals surface area contributed by atoms with Crippen molar-refractivity contribution in [2.75, 3.05) is 0 Å². The Morgan fingerprint density at radius 1 is 0.944 bits per heavy atom. The minimum Gasteiger partial charge on any atom is -0.0835 e. The Kier molecular flexibility index (Phi) is 4.23. The highest BCUT2D eigenvalue weighted by Gasteiger charge is 2.10. The van der Waals surface area contributed by atoms with Gasteiger partial charge in [0.25, 0.3) is 0 Å². The predicted molar refractivity (Wildman–Crippen MR) is 82.5 cm³/mol. The molecule has 0 saturated carbocycles. The fourth-order valence-corrected chi connectivity index (χ4v) is 2.95. The average molecular weight is 303 g/mol. The van der Waals surface area contributed by atoms with Crippen LogP contribution in [0.25, 0.3) is 0 Å². The SMILES string of the molecule is Cc1cc(C)cc(C(Br)Cc2ccccc2C)c1. The van der Waals surface area contributed by atoms with Gasteiger partial charge in [-0.05, 0) is 43.9 Å². The molecule has 1 atom stereocenters. The van der Waals surface area contributed by atoms with Crippen molar-refractivity contribution in [3.05, 3.63) is 70.3 Å². The zero-order chi connectivity index (χ0) is 13.1. The van der Waals surface area contributed by atoms with E-state index in [0.29, 0.717) is 4.83 Å². The van der Waals surface area contributed by atoms with E-state index in [2.05, 4.69) is 79.2 Å². The summed E-state index contributed by atoms with van der Waals surface area (Å²) in [6.07, 6.45) is 1.04. The maximum Gasteiger partial charge on any atom is 0.0435 e. The van der Waals surface area contributed by atoms with Crippen molar-refractivity contribution in [1.29, 1.82) is 0 Å². The standard InChI is InChI=1S/C17H19Br/c1-12-8-13(2)10-16(9-12)17(18)11-15-7-5-4-6-14(15)3/h4-10,17H,11H2,1-3H3. The molecule has 2 rings (SSSR count). The molecule has 0 fully saturated rings. The van der Waals surface area contributed by atoms with Crippen LogP contribution in [0.3, 0.4) is 0 Å². The zero-order valence-corrected chi connectivity index (χ0v) is 12.8. The van der Waals surface area contributed by atoms with Gasteiger partial charge in [0, 0.05) is 4.83 Å². The van der Waals surface area contributed by atoms with E-state index < -0.39 is 0 Å². The first-order chi connectivity index (χ1) is 8.56. The predicted octanol–water partition coefficient (Wildman–Crippen LogP) is 5.29. The van der Waals surface area contributed by atoms with Crippen LogP contribution in [0.5, 0.6) is 0 Å². The minimum absolute atomic E-state index is 0.386. The summed E-state index contributed by atoms with van der Waals surface area (Å²) < 4.78 is 0. The van der Waals surface area contributed by atoms with Crippen molar-refractivity contribution >= 4 is 15.9 Å². The Balaban J connectivity index is 2.22. The van der Waals surface area contributed by atoms with Crippen LogP contribution in [-0.4, -0.2) is 0 Å². The van der Waals surface area contributed by atoms with Crippen molar-refractivity contribution in [3.63, 3.8) is 0 Å². The van der Waals surface area contributed by atoms with E-state index in [0.717, 1.165) is 6.42 Å². The van der Waals surface area contributed by atoms with Crippen LogP contribution in [0.1, 0.15) is 32.6 Å². The van der Waals surface area contributed by atoms with E-state index >= 15 is 0 Å². The molecule has 0 aliphatic heterocycles.